The Bertz CT molecular complexity index is 478. The molecule has 1 aromatic carbocycles. The second-order valence-corrected chi connectivity index (χ2v) is 5.04. The number of para-hydroxylation sites is 1. The first-order valence-corrected chi connectivity index (χ1v) is 7.32. The number of aliphatic carboxylic acids is 1. The Balaban J connectivity index is 2.27. The molecule has 1 atom stereocenters. The summed E-state index contributed by atoms with van der Waals surface area (Å²) in [5, 5.41) is 12.0. The summed E-state index contributed by atoms with van der Waals surface area (Å²) in [4.78, 5) is 22.6. The average molecular weight is 314 g/mol. The first-order chi connectivity index (χ1) is 10.0. The van der Waals surface area contributed by atoms with Crippen LogP contribution in [0.15, 0.2) is 24.3 Å². The molecule has 0 saturated heterocycles. The SMILES string of the molecule is CCCC(NC(=O)CCCOc1ccccc1Cl)C(=O)O. The van der Waals surface area contributed by atoms with Crippen molar-refractivity contribution in [1.82, 2.24) is 5.32 Å². The highest BCUT2D eigenvalue weighted by molar-refractivity contribution is 6.32. The van der Waals surface area contributed by atoms with Crippen LogP contribution in [0.25, 0.3) is 0 Å². The number of amides is 1. The fraction of sp³-hybridized carbons (Fsp3) is 0.467. The minimum Gasteiger partial charge on any atom is -0.492 e. The molecule has 1 aromatic rings. The fourth-order valence-electron chi connectivity index (χ4n) is 1.79. The molecule has 5 nitrogen and oxygen atoms in total. The van der Waals surface area contributed by atoms with Gasteiger partial charge in [0.2, 0.25) is 5.91 Å². The lowest BCUT2D eigenvalue weighted by molar-refractivity contribution is -0.142. The number of carboxylic acid groups (broad SMARTS) is 1. The molecule has 0 radical (unpaired) electrons. The third kappa shape index (κ3) is 6.49. The van der Waals surface area contributed by atoms with Gasteiger partial charge in [-0.25, -0.2) is 4.79 Å². The summed E-state index contributed by atoms with van der Waals surface area (Å²) in [7, 11) is 0. The smallest absolute Gasteiger partial charge is 0.326 e. The quantitative estimate of drug-likeness (QED) is 0.687. The third-order valence-electron chi connectivity index (χ3n) is 2.85. The lowest BCUT2D eigenvalue weighted by Crippen LogP contribution is -2.40. The van der Waals surface area contributed by atoms with Crippen LogP contribution in [-0.2, 0) is 9.59 Å². The van der Waals surface area contributed by atoms with Gasteiger partial charge in [0.25, 0.3) is 0 Å². The van der Waals surface area contributed by atoms with E-state index in [1.165, 1.54) is 0 Å². The van der Waals surface area contributed by atoms with Gasteiger partial charge in [-0.2, -0.15) is 0 Å². The van der Waals surface area contributed by atoms with E-state index < -0.39 is 12.0 Å². The Morgan fingerprint density at radius 1 is 1.38 bits per heavy atom. The molecule has 0 fully saturated rings. The van der Waals surface area contributed by atoms with Crippen LogP contribution in [-0.4, -0.2) is 29.6 Å². The summed E-state index contributed by atoms with van der Waals surface area (Å²) in [6, 6.07) is 6.29. The molecule has 1 amide bonds. The number of carbonyl (C=O) groups excluding carboxylic acids is 1. The number of halogens is 1. The highest BCUT2D eigenvalue weighted by atomic mass is 35.5. The van der Waals surface area contributed by atoms with Crippen molar-refractivity contribution in [1.29, 1.82) is 0 Å². The Morgan fingerprint density at radius 2 is 2.10 bits per heavy atom. The Kier molecular flexibility index (Phi) is 7.61. The Labute approximate surface area is 129 Å². The number of hydrogen-bond acceptors (Lipinski definition) is 3. The molecule has 116 valence electrons. The van der Waals surface area contributed by atoms with E-state index in [1.807, 2.05) is 19.1 Å². The summed E-state index contributed by atoms with van der Waals surface area (Å²) in [6.45, 7) is 2.22. The number of hydrogen-bond donors (Lipinski definition) is 2. The topological polar surface area (TPSA) is 75.6 Å². The average Bonchev–Trinajstić information content (AvgIpc) is 2.44. The number of nitrogens with one attached hydrogen (secondary N) is 1. The summed E-state index contributed by atoms with van der Waals surface area (Å²) in [5.41, 5.74) is 0. The highest BCUT2D eigenvalue weighted by Gasteiger charge is 2.18. The first-order valence-electron chi connectivity index (χ1n) is 6.94. The number of rotatable bonds is 9. The Hall–Kier alpha value is -1.75. The maximum absolute atomic E-state index is 11.7. The summed E-state index contributed by atoms with van der Waals surface area (Å²) in [6.07, 6.45) is 1.84. The molecular formula is C15H20ClNO4. The van der Waals surface area contributed by atoms with Gasteiger partial charge in [-0.05, 0) is 25.0 Å². The van der Waals surface area contributed by atoms with Crippen molar-refractivity contribution in [3.63, 3.8) is 0 Å². The molecule has 0 heterocycles. The molecule has 2 N–H and O–H groups in total. The summed E-state index contributed by atoms with van der Waals surface area (Å²) >= 11 is 5.93. The van der Waals surface area contributed by atoms with Crippen molar-refractivity contribution in [3.8, 4) is 5.75 Å². The molecule has 0 aliphatic carbocycles. The molecule has 0 aliphatic rings. The normalized spacial score (nSPS) is 11.7. The molecule has 0 spiro atoms. The minimum atomic E-state index is -1.00. The van der Waals surface area contributed by atoms with Gasteiger partial charge in [0, 0.05) is 6.42 Å². The fourth-order valence-corrected chi connectivity index (χ4v) is 1.98. The maximum atomic E-state index is 11.7. The van der Waals surface area contributed by atoms with Crippen molar-refractivity contribution in [2.75, 3.05) is 6.61 Å². The van der Waals surface area contributed by atoms with Crippen LogP contribution in [0, 0.1) is 0 Å². The second kappa shape index (κ2) is 9.23. The lowest BCUT2D eigenvalue weighted by atomic mass is 10.1. The molecule has 0 aliphatic heterocycles. The van der Waals surface area contributed by atoms with Gasteiger partial charge in [-0.15, -0.1) is 0 Å². The number of benzene rings is 1. The zero-order chi connectivity index (χ0) is 15.7. The van der Waals surface area contributed by atoms with Gasteiger partial charge >= 0.3 is 5.97 Å². The number of carboxylic acids is 1. The van der Waals surface area contributed by atoms with Crippen molar-refractivity contribution in [2.45, 2.75) is 38.6 Å². The number of ether oxygens (including phenoxy) is 1. The zero-order valence-electron chi connectivity index (χ0n) is 12.0. The van der Waals surface area contributed by atoms with Crippen LogP contribution in [0.5, 0.6) is 5.75 Å². The van der Waals surface area contributed by atoms with Crippen molar-refractivity contribution in [2.24, 2.45) is 0 Å². The Morgan fingerprint density at radius 3 is 2.71 bits per heavy atom. The van der Waals surface area contributed by atoms with Crippen LogP contribution >= 0.6 is 11.6 Å². The molecule has 6 heteroatoms. The van der Waals surface area contributed by atoms with Crippen molar-refractivity contribution in [3.05, 3.63) is 29.3 Å². The van der Waals surface area contributed by atoms with E-state index in [0.29, 0.717) is 36.6 Å². The zero-order valence-corrected chi connectivity index (χ0v) is 12.7. The van der Waals surface area contributed by atoms with Crippen LogP contribution in [0.1, 0.15) is 32.6 Å². The predicted octanol–water partition coefficient (Wildman–Crippen LogP) is 2.87. The molecule has 0 saturated carbocycles. The largest absolute Gasteiger partial charge is 0.492 e. The standard InChI is InChI=1S/C15H20ClNO4/c1-2-6-12(15(19)20)17-14(18)9-5-10-21-13-8-4-3-7-11(13)16/h3-4,7-8,12H,2,5-6,9-10H2,1H3,(H,17,18)(H,19,20). The van der Waals surface area contributed by atoms with E-state index in [4.69, 9.17) is 21.4 Å². The van der Waals surface area contributed by atoms with Crippen molar-refractivity contribution < 1.29 is 19.4 Å². The molecule has 1 rings (SSSR count). The van der Waals surface area contributed by atoms with Gasteiger partial charge < -0.3 is 15.2 Å². The highest BCUT2D eigenvalue weighted by Crippen LogP contribution is 2.23. The predicted molar refractivity (Wildman–Crippen MR) is 80.7 cm³/mol. The van der Waals surface area contributed by atoms with E-state index in [1.54, 1.807) is 12.1 Å². The van der Waals surface area contributed by atoms with E-state index in [9.17, 15) is 9.59 Å². The molecule has 0 bridgehead atoms. The third-order valence-corrected chi connectivity index (χ3v) is 3.17. The minimum absolute atomic E-state index is 0.220. The second-order valence-electron chi connectivity index (χ2n) is 4.63. The molecular weight excluding hydrogens is 294 g/mol. The molecule has 0 aromatic heterocycles. The van der Waals surface area contributed by atoms with Gasteiger partial charge in [0.1, 0.15) is 11.8 Å². The monoisotopic (exact) mass is 313 g/mol. The lowest BCUT2D eigenvalue weighted by Gasteiger charge is -2.13. The van der Waals surface area contributed by atoms with Gasteiger partial charge in [0.05, 0.1) is 11.6 Å². The van der Waals surface area contributed by atoms with Crippen LogP contribution in [0.2, 0.25) is 5.02 Å². The number of carbonyl (C=O) groups is 2. The summed E-state index contributed by atoms with van der Waals surface area (Å²) < 4.78 is 5.46. The van der Waals surface area contributed by atoms with Gasteiger partial charge in [-0.1, -0.05) is 37.1 Å². The van der Waals surface area contributed by atoms with E-state index >= 15 is 0 Å². The van der Waals surface area contributed by atoms with E-state index in [0.717, 1.165) is 0 Å². The van der Waals surface area contributed by atoms with Crippen LogP contribution in [0.3, 0.4) is 0 Å². The molecule has 1 unspecified atom stereocenters. The van der Waals surface area contributed by atoms with Crippen LogP contribution < -0.4 is 10.1 Å². The van der Waals surface area contributed by atoms with E-state index in [2.05, 4.69) is 5.32 Å². The molecule has 21 heavy (non-hydrogen) atoms. The maximum Gasteiger partial charge on any atom is 0.326 e. The first kappa shape index (κ1) is 17.3. The van der Waals surface area contributed by atoms with Gasteiger partial charge in [-0.3, -0.25) is 4.79 Å². The summed E-state index contributed by atoms with van der Waals surface area (Å²) in [5.74, 6) is -0.704. The van der Waals surface area contributed by atoms with Crippen molar-refractivity contribution >= 4 is 23.5 Å². The van der Waals surface area contributed by atoms with Crippen LogP contribution in [0.4, 0.5) is 0 Å². The van der Waals surface area contributed by atoms with E-state index in [-0.39, 0.29) is 12.3 Å². The van der Waals surface area contributed by atoms with Gasteiger partial charge in [0.15, 0.2) is 0 Å².